The second-order valence-corrected chi connectivity index (χ2v) is 7.53. The Labute approximate surface area is 173 Å². The maximum absolute atomic E-state index is 12.8. The molecule has 0 radical (unpaired) electrons. The summed E-state index contributed by atoms with van der Waals surface area (Å²) in [6.45, 7) is -0.370. The lowest BCUT2D eigenvalue weighted by Gasteiger charge is -2.30. The van der Waals surface area contributed by atoms with E-state index >= 15 is 0 Å². The fraction of sp³-hybridized carbons (Fsp3) is 0.450. The van der Waals surface area contributed by atoms with Crippen molar-refractivity contribution in [2.75, 3.05) is 18.4 Å². The number of imide groups is 1. The molecule has 1 spiro atoms. The van der Waals surface area contributed by atoms with Crippen molar-refractivity contribution in [2.45, 2.75) is 44.1 Å². The molecule has 1 aromatic rings. The van der Waals surface area contributed by atoms with Crippen LogP contribution >= 0.6 is 0 Å². The first-order valence-corrected chi connectivity index (χ1v) is 9.92. The van der Waals surface area contributed by atoms with Crippen molar-refractivity contribution in [2.24, 2.45) is 5.73 Å². The minimum atomic E-state index is -0.895. The van der Waals surface area contributed by atoms with Crippen LogP contribution in [-0.2, 0) is 14.4 Å². The number of anilines is 1. The zero-order valence-electron chi connectivity index (χ0n) is 16.5. The molecule has 3 rings (SSSR count). The molecule has 0 unspecified atom stereocenters. The molecule has 0 bridgehead atoms. The normalized spacial score (nSPS) is 17.5. The number of nitrogens with two attached hydrogens (primary N) is 1. The third-order valence-electron chi connectivity index (χ3n) is 5.36. The van der Waals surface area contributed by atoms with E-state index in [1.807, 2.05) is 0 Å². The van der Waals surface area contributed by atoms with Crippen LogP contribution in [0.25, 0.3) is 0 Å². The quantitative estimate of drug-likeness (QED) is 0.478. The molecule has 1 aliphatic carbocycles. The van der Waals surface area contributed by atoms with Crippen LogP contribution in [-0.4, -0.2) is 53.2 Å². The van der Waals surface area contributed by atoms with Crippen molar-refractivity contribution in [3.8, 4) is 0 Å². The highest BCUT2D eigenvalue weighted by molar-refractivity contribution is 6.11. The van der Waals surface area contributed by atoms with Crippen molar-refractivity contribution >= 4 is 35.3 Å². The summed E-state index contributed by atoms with van der Waals surface area (Å²) >= 11 is 0. The molecule has 6 amide bonds. The number of carbonyl (C=O) groups is 5. The van der Waals surface area contributed by atoms with E-state index in [9.17, 15) is 24.0 Å². The summed E-state index contributed by atoms with van der Waals surface area (Å²) in [5.74, 6) is -1.99. The molecule has 0 aromatic heterocycles. The van der Waals surface area contributed by atoms with Crippen LogP contribution in [0.4, 0.5) is 10.5 Å². The number of rotatable bonds is 7. The van der Waals surface area contributed by atoms with Gasteiger partial charge in [0.25, 0.3) is 11.8 Å². The number of benzene rings is 1. The van der Waals surface area contributed by atoms with E-state index < -0.39 is 35.8 Å². The summed E-state index contributed by atoms with van der Waals surface area (Å²) in [4.78, 5) is 61.7. The topological polar surface area (TPSA) is 151 Å². The van der Waals surface area contributed by atoms with E-state index in [1.54, 1.807) is 12.1 Å². The fourth-order valence-corrected chi connectivity index (χ4v) is 3.83. The molecular weight excluding hydrogens is 390 g/mol. The third-order valence-corrected chi connectivity index (χ3v) is 5.36. The van der Waals surface area contributed by atoms with Gasteiger partial charge in [-0.05, 0) is 25.0 Å². The summed E-state index contributed by atoms with van der Waals surface area (Å²) < 4.78 is 0. The minimum Gasteiger partial charge on any atom is -0.370 e. The molecule has 1 aromatic carbocycles. The van der Waals surface area contributed by atoms with Crippen LogP contribution in [0.1, 0.15) is 48.9 Å². The van der Waals surface area contributed by atoms with Gasteiger partial charge in [0.2, 0.25) is 11.8 Å². The maximum Gasteiger partial charge on any atom is 0.325 e. The van der Waals surface area contributed by atoms with Gasteiger partial charge in [-0.1, -0.05) is 31.4 Å². The van der Waals surface area contributed by atoms with E-state index in [0.29, 0.717) is 12.8 Å². The first kappa shape index (κ1) is 21.3. The Bertz CT molecular complexity index is 878. The smallest absolute Gasteiger partial charge is 0.325 e. The standard InChI is InChI=1S/C20H25N5O5/c21-15(26)8-11-22-17(28)13-6-2-3-7-14(13)23-16(27)12-25-18(29)20(24-19(25)30)9-4-1-5-10-20/h2-3,6-7H,1,4-5,8-12H2,(H2,21,26)(H,22,28)(H,23,27)(H,24,30). The highest BCUT2D eigenvalue weighted by Crippen LogP contribution is 2.33. The average molecular weight is 415 g/mol. The highest BCUT2D eigenvalue weighted by atomic mass is 16.2. The first-order valence-electron chi connectivity index (χ1n) is 9.92. The largest absolute Gasteiger partial charge is 0.370 e. The van der Waals surface area contributed by atoms with Gasteiger partial charge < -0.3 is 21.7 Å². The molecule has 10 heteroatoms. The van der Waals surface area contributed by atoms with Crippen molar-refractivity contribution in [1.82, 2.24) is 15.5 Å². The van der Waals surface area contributed by atoms with Crippen molar-refractivity contribution in [3.05, 3.63) is 29.8 Å². The van der Waals surface area contributed by atoms with Crippen LogP contribution in [0.15, 0.2) is 24.3 Å². The molecule has 5 N–H and O–H groups in total. The Morgan fingerprint density at radius 1 is 1.10 bits per heavy atom. The van der Waals surface area contributed by atoms with Gasteiger partial charge in [0.05, 0.1) is 11.3 Å². The number of hydrogen-bond acceptors (Lipinski definition) is 5. The lowest BCUT2D eigenvalue weighted by atomic mass is 9.82. The summed E-state index contributed by atoms with van der Waals surface area (Å²) in [7, 11) is 0. The molecule has 30 heavy (non-hydrogen) atoms. The molecule has 1 heterocycles. The van der Waals surface area contributed by atoms with Gasteiger partial charge >= 0.3 is 6.03 Å². The molecule has 0 atom stereocenters. The molecule has 2 fully saturated rings. The average Bonchev–Trinajstić information content (AvgIpc) is 2.92. The zero-order valence-corrected chi connectivity index (χ0v) is 16.5. The first-order chi connectivity index (χ1) is 14.3. The van der Waals surface area contributed by atoms with Gasteiger partial charge in [-0.25, -0.2) is 4.79 Å². The second-order valence-electron chi connectivity index (χ2n) is 7.53. The van der Waals surface area contributed by atoms with Gasteiger partial charge in [-0.2, -0.15) is 0 Å². The number of carbonyl (C=O) groups excluding carboxylic acids is 5. The Morgan fingerprint density at radius 3 is 2.50 bits per heavy atom. The molecular formula is C20H25N5O5. The SMILES string of the molecule is NC(=O)CCNC(=O)c1ccccc1NC(=O)CN1C(=O)NC2(CCCCC2)C1=O. The van der Waals surface area contributed by atoms with Crippen LogP contribution in [0.2, 0.25) is 0 Å². The van der Waals surface area contributed by atoms with Gasteiger partial charge in [-0.3, -0.25) is 24.1 Å². The van der Waals surface area contributed by atoms with E-state index in [0.717, 1.165) is 24.2 Å². The Kier molecular flexibility index (Phi) is 6.34. The Morgan fingerprint density at radius 2 is 1.80 bits per heavy atom. The van der Waals surface area contributed by atoms with E-state index in [1.165, 1.54) is 12.1 Å². The number of amides is 6. The summed E-state index contributed by atoms with van der Waals surface area (Å²) in [6.07, 6.45) is 3.86. The Balaban J connectivity index is 1.64. The maximum atomic E-state index is 12.8. The third kappa shape index (κ3) is 4.58. The number of nitrogens with zero attached hydrogens (tertiary/aromatic N) is 1. The molecule has 1 saturated carbocycles. The van der Waals surface area contributed by atoms with Crippen LogP contribution in [0, 0.1) is 0 Å². The van der Waals surface area contributed by atoms with Crippen molar-refractivity contribution in [3.63, 3.8) is 0 Å². The lowest BCUT2D eigenvalue weighted by Crippen LogP contribution is -2.48. The summed E-state index contributed by atoms with van der Waals surface area (Å²) in [6, 6.07) is 5.74. The van der Waals surface area contributed by atoms with E-state index in [2.05, 4.69) is 16.0 Å². The second kappa shape index (κ2) is 8.93. The molecule has 10 nitrogen and oxygen atoms in total. The number of nitrogens with one attached hydrogen (secondary N) is 3. The molecule has 1 aliphatic heterocycles. The number of para-hydroxylation sites is 1. The van der Waals surface area contributed by atoms with Crippen molar-refractivity contribution < 1.29 is 24.0 Å². The van der Waals surface area contributed by atoms with Gasteiger partial charge in [0.1, 0.15) is 12.1 Å². The number of hydrogen-bond donors (Lipinski definition) is 4. The Hall–Kier alpha value is -3.43. The van der Waals surface area contributed by atoms with E-state index in [4.69, 9.17) is 5.73 Å². The van der Waals surface area contributed by atoms with Gasteiger partial charge in [0, 0.05) is 13.0 Å². The van der Waals surface area contributed by atoms with Crippen molar-refractivity contribution in [1.29, 1.82) is 0 Å². The summed E-state index contributed by atoms with van der Waals surface area (Å²) in [5.41, 5.74) is 4.58. The van der Waals surface area contributed by atoms with Gasteiger partial charge in [0.15, 0.2) is 0 Å². The predicted molar refractivity (Wildman–Crippen MR) is 107 cm³/mol. The fourth-order valence-electron chi connectivity index (χ4n) is 3.83. The molecule has 1 saturated heterocycles. The minimum absolute atomic E-state index is 0.00575. The highest BCUT2D eigenvalue weighted by Gasteiger charge is 2.51. The number of primary amides is 1. The van der Waals surface area contributed by atoms with Crippen LogP contribution in [0.3, 0.4) is 0 Å². The van der Waals surface area contributed by atoms with Gasteiger partial charge in [-0.15, -0.1) is 0 Å². The molecule has 160 valence electrons. The molecule has 2 aliphatic rings. The lowest BCUT2D eigenvalue weighted by molar-refractivity contribution is -0.134. The number of urea groups is 1. The van der Waals surface area contributed by atoms with Crippen LogP contribution < -0.4 is 21.7 Å². The predicted octanol–water partition coefficient (Wildman–Crippen LogP) is 0.485. The van der Waals surface area contributed by atoms with Crippen LogP contribution in [0.5, 0.6) is 0 Å². The summed E-state index contributed by atoms with van der Waals surface area (Å²) in [5, 5.41) is 7.89. The zero-order chi connectivity index (χ0) is 21.7. The van der Waals surface area contributed by atoms with E-state index in [-0.39, 0.29) is 30.1 Å². The monoisotopic (exact) mass is 415 g/mol.